The molecule has 2 aliphatic rings. The maximum Gasteiger partial charge on any atom is 0.404 e. The van der Waals surface area contributed by atoms with E-state index in [1.807, 2.05) is 4.90 Å². The van der Waals surface area contributed by atoms with Crippen LogP contribution in [0.1, 0.15) is 72.1 Å². The Balaban J connectivity index is 2.22. The maximum atomic E-state index is 12.3. The molecule has 0 spiro atoms. The van der Waals surface area contributed by atoms with Crippen LogP contribution in [0.25, 0.3) is 0 Å². The minimum absolute atomic E-state index is 0.0267. The summed E-state index contributed by atoms with van der Waals surface area (Å²) in [6, 6.07) is -0.275. The summed E-state index contributed by atoms with van der Waals surface area (Å²) < 4.78 is 6.74. The number of carboxylic acid groups (broad SMARTS) is 1. The van der Waals surface area contributed by atoms with E-state index in [2.05, 4.69) is 39.2 Å². The van der Waals surface area contributed by atoms with Crippen LogP contribution in [0.15, 0.2) is 0 Å². The van der Waals surface area contributed by atoms with Crippen molar-refractivity contribution in [2.45, 2.75) is 102 Å². The molecular formula is C21H40N2O4Si. The number of amides is 2. The first-order chi connectivity index (χ1) is 13.0. The summed E-state index contributed by atoms with van der Waals surface area (Å²) in [5, 5.41) is 12.3. The minimum Gasteiger partial charge on any atom is -0.465 e. The van der Waals surface area contributed by atoms with Crippen molar-refractivity contribution in [3.8, 4) is 0 Å². The van der Waals surface area contributed by atoms with Gasteiger partial charge in [-0.05, 0) is 36.9 Å². The lowest BCUT2D eigenvalue weighted by Gasteiger charge is -2.43. The van der Waals surface area contributed by atoms with Crippen LogP contribution in [-0.2, 0) is 9.22 Å². The largest absolute Gasteiger partial charge is 0.465 e. The van der Waals surface area contributed by atoms with Crippen molar-refractivity contribution in [1.29, 1.82) is 0 Å². The van der Waals surface area contributed by atoms with Crippen LogP contribution >= 0.6 is 0 Å². The molecule has 1 saturated carbocycles. The molecule has 2 atom stereocenters. The van der Waals surface area contributed by atoms with Gasteiger partial charge < -0.3 is 19.7 Å². The Bertz CT molecular complexity index is 541. The van der Waals surface area contributed by atoms with Crippen molar-refractivity contribution in [2.24, 2.45) is 5.92 Å². The zero-order valence-electron chi connectivity index (χ0n) is 18.4. The summed E-state index contributed by atoms with van der Waals surface area (Å²) in [5.74, 6) is 0.695. The predicted octanol–water partition coefficient (Wildman–Crippen LogP) is 4.61. The van der Waals surface area contributed by atoms with Gasteiger partial charge in [-0.1, -0.05) is 52.9 Å². The number of carbonyl (C=O) groups is 2. The summed E-state index contributed by atoms with van der Waals surface area (Å²) >= 11 is 0. The van der Waals surface area contributed by atoms with E-state index in [1.54, 1.807) is 0 Å². The smallest absolute Gasteiger partial charge is 0.404 e. The van der Waals surface area contributed by atoms with Gasteiger partial charge in [0.2, 0.25) is 5.91 Å². The molecule has 0 unspecified atom stereocenters. The van der Waals surface area contributed by atoms with E-state index in [-0.39, 0.29) is 23.1 Å². The highest BCUT2D eigenvalue weighted by Crippen LogP contribution is 2.38. The highest BCUT2D eigenvalue weighted by molar-refractivity contribution is 6.74. The Morgan fingerprint density at radius 1 is 1.25 bits per heavy atom. The Labute approximate surface area is 171 Å². The fourth-order valence-electron chi connectivity index (χ4n) is 4.16. The molecule has 0 bridgehead atoms. The third-order valence-corrected chi connectivity index (χ3v) is 11.4. The molecule has 6 nitrogen and oxygen atoms in total. The van der Waals surface area contributed by atoms with Crippen LogP contribution in [0.3, 0.4) is 0 Å². The molecule has 2 amide bonds. The highest BCUT2D eigenvalue weighted by Gasteiger charge is 2.42. The molecule has 1 aliphatic heterocycles. The Kier molecular flexibility index (Phi) is 7.96. The minimum atomic E-state index is -2.11. The molecule has 1 aliphatic carbocycles. The summed E-state index contributed by atoms with van der Waals surface area (Å²) in [5.41, 5.74) is 0. The summed E-state index contributed by atoms with van der Waals surface area (Å²) in [7, 11) is -2.11. The first kappa shape index (κ1) is 23.2. The molecule has 1 saturated heterocycles. The van der Waals surface area contributed by atoms with Crippen LogP contribution in [0.5, 0.6) is 0 Å². The number of nitrogens with one attached hydrogen (secondary N) is 1. The van der Waals surface area contributed by atoms with E-state index in [0.29, 0.717) is 18.9 Å². The number of rotatable bonds is 8. The van der Waals surface area contributed by atoms with Gasteiger partial charge in [-0.3, -0.25) is 4.79 Å². The van der Waals surface area contributed by atoms with Gasteiger partial charge in [-0.15, -0.1) is 0 Å². The molecule has 2 fully saturated rings. The van der Waals surface area contributed by atoms with Gasteiger partial charge in [-0.2, -0.15) is 0 Å². The number of likely N-dealkylation sites (tertiary alicyclic amines) is 1. The van der Waals surface area contributed by atoms with Gasteiger partial charge in [-0.25, -0.2) is 4.79 Å². The average Bonchev–Trinajstić information content (AvgIpc) is 2.98. The van der Waals surface area contributed by atoms with Gasteiger partial charge in [0.1, 0.15) is 0 Å². The molecular weight excluding hydrogens is 372 g/mol. The molecule has 2 rings (SSSR count). The zero-order chi connectivity index (χ0) is 20.9. The quantitative estimate of drug-likeness (QED) is 0.571. The molecule has 0 aromatic carbocycles. The van der Waals surface area contributed by atoms with Gasteiger partial charge in [0, 0.05) is 19.5 Å². The van der Waals surface area contributed by atoms with Gasteiger partial charge in [0.05, 0.1) is 12.1 Å². The van der Waals surface area contributed by atoms with Gasteiger partial charge >= 0.3 is 6.09 Å². The van der Waals surface area contributed by atoms with E-state index in [9.17, 15) is 14.7 Å². The first-order valence-corrected chi connectivity index (χ1v) is 13.9. The summed E-state index contributed by atoms with van der Waals surface area (Å²) in [6.45, 7) is 12.2. The van der Waals surface area contributed by atoms with Crippen LogP contribution in [0.2, 0.25) is 18.1 Å². The first-order valence-electron chi connectivity index (χ1n) is 10.9. The van der Waals surface area contributed by atoms with Gasteiger partial charge in [0.25, 0.3) is 0 Å². The van der Waals surface area contributed by atoms with Crippen molar-refractivity contribution >= 4 is 20.3 Å². The standard InChI is InChI=1S/C21H40N2O4Si/c1-21(2,3)28(4,5)27-18(15-23-13-9-12-19(23)24)17(22-20(25)26)14-16-10-7-6-8-11-16/h16-18,22H,6-15H2,1-5H3,(H,25,26)/t17-,18+/m0/s1. The van der Waals surface area contributed by atoms with E-state index < -0.39 is 14.4 Å². The highest BCUT2D eigenvalue weighted by atomic mass is 28.4. The van der Waals surface area contributed by atoms with Crippen LogP contribution in [-0.4, -0.2) is 55.6 Å². The molecule has 2 N–H and O–H groups in total. The number of hydrogen-bond acceptors (Lipinski definition) is 3. The Morgan fingerprint density at radius 2 is 1.89 bits per heavy atom. The summed E-state index contributed by atoms with van der Waals surface area (Å²) in [4.78, 5) is 25.7. The molecule has 0 radical (unpaired) electrons. The van der Waals surface area contributed by atoms with E-state index >= 15 is 0 Å². The van der Waals surface area contributed by atoms with Crippen LogP contribution < -0.4 is 5.32 Å². The number of nitrogens with zero attached hydrogens (tertiary/aromatic N) is 1. The van der Waals surface area contributed by atoms with Crippen molar-refractivity contribution in [3.63, 3.8) is 0 Å². The fraction of sp³-hybridized carbons (Fsp3) is 0.905. The second kappa shape index (κ2) is 9.61. The normalized spacial score (nSPS) is 21.6. The van der Waals surface area contributed by atoms with Crippen molar-refractivity contribution < 1.29 is 19.1 Å². The van der Waals surface area contributed by atoms with E-state index in [0.717, 1.165) is 32.2 Å². The average molecular weight is 413 g/mol. The SMILES string of the molecule is CC(C)(C)[Si](C)(C)O[C@H](CN1CCCC1=O)[C@H](CC1CCCCC1)NC(=O)O. The van der Waals surface area contributed by atoms with Crippen LogP contribution in [0, 0.1) is 5.92 Å². The molecule has 0 aromatic rings. The monoisotopic (exact) mass is 412 g/mol. The number of carbonyl (C=O) groups excluding carboxylic acids is 1. The predicted molar refractivity (Wildman–Crippen MR) is 114 cm³/mol. The summed E-state index contributed by atoms with van der Waals surface area (Å²) in [6.07, 6.45) is 7.02. The Hall–Kier alpha value is -1.08. The maximum absolute atomic E-state index is 12.3. The zero-order valence-corrected chi connectivity index (χ0v) is 19.4. The van der Waals surface area contributed by atoms with E-state index in [4.69, 9.17) is 4.43 Å². The third kappa shape index (κ3) is 6.48. The number of hydrogen-bond donors (Lipinski definition) is 2. The fourth-order valence-corrected chi connectivity index (χ4v) is 5.51. The second-order valence-electron chi connectivity index (χ2n) is 10.2. The lowest BCUT2D eigenvalue weighted by molar-refractivity contribution is -0.129. The lowest BCUT2D eigenvalue weighted by atomic mass is 9.83. The molecule has 1 heterocycles. The third-order valence-electron chi connectivity index (χ3n) is 6.89. The van der Waals surface area contributed by atoms with Crippen molar-refractivity contribution in [1.82, 2.24) is 10.2 Å². The van der Waals surface area contributed by atoms with Gasteiger partial charge in [0.15, 0.2) is 8.32 Å². The van der Waals surface area contributed by atoms with E-state index in [1.165, 1.54) is 19.3 Å². The molecule has 28 heavy (non-hydrogen) atoms. The molecule has 0 aromatic heterocycles. The Morgan fingerprint density at radius 3 is 2.39 bits per heavy atom. The topological polar surface area (TPSA) is 78.9 Å². The van der Waals surface area contributed by atoms with Crippen LogP contribution in [0.4, 0.5) is 4.79 Å². The second-order valence-corrected chi connectivity index (χ2v) is 14.9. The lowest BCUT2D eigenvalue weighted by Crippen LogP contribution is -2.56. The molecule has 162 valence electrons. The van der Waals surface area contributed by atoms with Crippen molar-refractivity contribution in [3.05, 3.63) is 0 Å². The van der Waals surface area contributed by atoms with Crippen molar-refractivity contribution in [2.75, 3.05) is 13.1 Å². The molecule has 7 heteroatoms.